The summed E-state index contributed by atoms with van der Waals surface area (Å²) < 4.78 is 54.4. The second kappa shape index (κ2) is 16.7. The number of esters is 1. The van der Waals surface area contributed by atoms with Gasteiger partial charge in [0.15, 0.2) is 23.3 Å². The van der Waals surface area contributed by atoms with Gasteiger partial charge in [-0.05, 0) is 54.2 Å². The molecule has 2 aliphatic rings. The van der Waals surface area contributed by atoms with Crippen molar-refractivity contribution >= 4 is 58.0 Å². The maximum Gasteiger partial charge on any atom is 0.389 e. The Balaban J connectivity index is 1.01. The van der Waals surface area contributed by atoms with Crippen molar-refractivity contribution in [2.24, 2.45) is 0 Å². The number of hydrogen-bond acceptors (Lipinski definition) is 18. The van der Waals surface area contributed by atoms with Crippen LogP contribution in [-0.4, -0.2) is 101 Å². The van der Waals surface area contributed by atoms with Crippen LogP contribution in [0, 0.1) is 6.92 Å². The standard InChI is InChI=1S/C37H40N9O10PS/c1-20-3-7-22(8-4-20)37(49)53-23-9-5-21(6-10-23)16-58-57(50,52-15-27-25(48)13-28(54-27)45-18-43-29-24(38)11-12-40-34(29)45)56-31-26(14-47)55-36(32(31)51-2)46-19-44-30-33(39)41-17-42-35(30)46/h3-12,17-19,25-28,31-32,36,47-48H,13-16H2,1-2H3,(H2,38,40)(H2,39,41,42)/t25-,26-,27-,28-,31+,32?,36-,57?/m1/s1. The van der Waals surface area contributed by atoms with Gasteiger partial charge in [0.2, 0.25) is 0 Å². The van der Waals surface area contributed by atoms with Crippen molar-refractivity contribution in [3.8, 4) is 5.75 Å². The molecule has 2 unspecified atom stereocenters. The van der Waals surface area contributed by atoms with E-state index in [4.69, 9.17) is 39.5 Å². The minimum atomic E-state index is -4.23. The molecule has 0 radical (unpaired) electrons. The topological polar surface area (TPSA) is 256 Å². The zero-order chi connectivity index (χ0) is 40.6. The highest BCUT2D eigenvalue weighted by molar-refractivity contribution is 8.54. The Morgan fingerprint density at radius 1 is 0.931 bits per heavy atom. The zero-order valence-corrected chi connectivity index (χ0v) is 32.9. The second-order valence-electron chi connectivity index (χ2n) is 13.7. The van der Waals surface area contributed by atoms with Crippen LogP contribution in [0.5, 0.6) is 5.75 Å². The summed E-state index contributed by atoms with van der Waals surface area (Å²) in [6, 6.07) is 15.4. The number of aliphatic hydroxyl groups excluding tert-OH is 2. The van der Waals surface area contributed by atoms with Gasteiger partial charge in [0.1, 0.15) is 53.8 Å². The molecule has 0 saturated carbocycles. The van der Waals surface area contributed by atoms with Crippen molar-refractivity contribution in [3.05, 3.63) is 96.5 Å². The van der Waals surface area contributed by atoms with Gasteiger partial charge in [-0.1, -0.05) is 29.8 Å². The Morgan fingerprint density at radius 2 is 1.67 bits per heavy atom. The number of anilines is 2. The number of imidazole rings is 2. The summed E-state index contributed by atoms with van der Waals surface area (Å²) in [7, 11) is 1.43. The first-order chi connectivity index (χ1) is 28.0. The zero-order valence-electron chi connectivity index (χ0n) is 31.2. The van der Waals surface area contributed by atoms with Crippen LogP contribution in [0.3, 0.4) is 0 Å². The van der Waals surface area contributed by atoms with E-state index in [1.165, 1.54) is 26.1 Å². The van der Waals surface area contributed by atoms with Crippen LogP contribution in [0.15, 0.2) is 79.8 Å². The van der Waals surface area contributed by atoms with Crippen LogP contribution in [0.4, 0.5) is 11.5 Å². The van der Waals surface area contributed by atoms with Crippen molar-refractivity contribution in [1.82, 2.24) is 34.1 Å². The minimum absolute atomic E-state index is 0.120. The quantitative estimate of drug-likeness (QED) is 0.0688. The molecule has 2 aliphatic heterocycles. The molecule has 0 spiro atoms. The fourth-order valence-corrected chi connectivity index (χ4v) is 10.2. The van der Waals surface area contributed by atoms with Gasteiger partial charge < -0.3 is 40.6 Å². The number of benzene rings is 2. The van der Waals surface area contributed by atoms with Crippen molar-refractivity contribution in [3.63, 3.8) is 0 Å². The molecule has 6 heterocycles. The first-order valence-electron chi connectivity index (χ1n) is 18.1. The number of nitrogen functional groups attached to an aromatic ring is 2. The summed E-state index contributed by atoms with van der Waals surface area (Å²) in [6.45, 7) is -3.16. The smallest absolute Gasteiger partial charge is 0.389 e. The van der Waals surface area contributed by atoms with Gasteiger partial charge >= 0.3 is 12.8 Å². The molecule has 21 heteroatoms. The van der Waals surface area contributed by atoms with E-state index in [1.807, 2.05) is 19.1 Å². The van der Waals surface area contributed by atoms with Crippen molar-refractivity contribution in [2.45, 2.75) is 62.1 Å². The predicted molar refractivity (Wildman–Crippen MR) is 210 cm³/mol. The Kier molecular flexibility index (Phi) is 11.4. The summed E-state index contributed by atoms with van der Waals surface area (Å²) >= 11 is 0.875. The summed E-state index contributed by atoms with van der Waals surface area (Å²) in [5.41, 5.74) is 16.3. The average Bonchev–Trinajstić information content (AvgIpc) is 4.02. The molecule has 0 amide bonds. The lowest BCUT2D eigenvalue weighted by molar-refractivity contribution is -0.0583. The molecule has 304 valence electrons. The molecule has 6 aromatic rings. The fraction of sp³-hybridized carbons (Fsp3) is 0.351. The Morgan fingerprint density at radius 3 is 2.43 bits per heavy atom. The van der Waals surface area contributed by atoms with Crippen molar-refractivity contribution in [2.75, 3.05) is 31.8 Å². The first-order valence-corrected chi connectivity index (χ1v) is 21.3. The molecule has 0 bridgehead atoms. The molecule has 8 atom stereocenters. The van der Waals surface area contributed by atoms with E-state index in [9.17, 15) is 19.6 Å². The van der Waals surface area contributed by atoms with E-state index in [-0.39, 0.29) is 24.6 Å². The number of aliphatic hydroxyl groups is 2. The van der Waals surface area contributed by atoms with Gasteiger partial charge in [0.25, 0.3) is 0 Å². The molecule has 2 fully saturated rings. The number of rotatable bonds is 14. The van der Waals surface area contributed by atoms with Crippen LogP contribution >= 0.6 is 18.2 Å². The number of nitrogens with two attached hydrogens (primary N) is 2. The monoisotopic (exact) mass is 833 g/mol. The molecule has 0 aliphatic carbocycles. The van der Waals surface area contributed by atoms with Crippen molar-refractivity contribution < 1.29 is 47.6 Å². The maximum atomic E-state index is 14.9. The van der Waals surface area contributed by atoms with Crippen LogP contribution < -0.4 is 16.2 Å². The first kappa shape index (κ1) is 39.8. The number of aryl methyl sites for hydroxylation is 1. The molecule has 19 nitrogen and oxygen atoms in total. The van der Waals surface area contributed by atoms with Crippen LogP contribution in [-0.2, 0) is 33.6 Å². The van der Waals surface area contributed by atoms with E-state index in [1.54, 1.807) is 57.8 Å². The van der Waals surface area contributed by atoms with Gasteiger partial charge in [-0.2, -0.15) is 0 Å². The number of carbonyl (C=O) groups excluding carboxylic acids is 1. The highest BCUT2D eigenvalue weighted by Crippen LogP contribution is 2.64. The van der Waals surface area contributed by atoms with E-state index >= 15 is 0 Å². The van der Waals surface area contributed by atoms with E-state index < -0.39 is 62.3 Å². The second-order valence-corrected chi connectivity index (χ2v) is 17.7. The number of hydrogen-bond donors (Lipinski definition) is 4. The molecule has 8 rings (SSSR count). The lowest BCUT2D eigenvalue weighted by Gasteiger charge is -2.28. The van der Waals surface area contributed by atoms with Gasteiger partial charge in [0.05, 0.1) is 43.2 Å². The molecular weight excluding hydrogens is 794 g/mol. The normalized spacial score (nSPS) is 24.4. The maximum absolute atomic E-state index is 14.9. The number of aromatic nitrogens is 7. The predicted octanol–water partition coefficient (Wildman–Crippen LogP) is 3.96. The van der Waals surface area contributed by atoms with Crippen LogP contribution in [0.25, 0.3) is 22.3 Å². The van der Waals surface area contributed by atoms with E-state index in [2.05, 4.69) is 24.9 Å². The van der Waals surface area contributed by atoms with E-state index in [0.29, 0.717) is 44.9 Å². The Bertz CT molecular complexity index is 2450. The van der Waals surface area contributed by atoms with Gasteiger partial charge in [-0.15, -0.1) is 0 Å². The average molecular weight is 834 g/mol. The number of fused-ring (bicyclic) bond motifs is 2. The number of pyridine rings is 1. The summed E-state index contributed by atoms with van der Waals surface area (Å²) in [5, 5.41) is 21.6. The molecule has 2 saturated heterocycles. The highest BCUT2D eigenvalue weighted by Gasteiger charge is 2.51. The number of methoxy groups -OCH3 is 1. The fourth-order valence-electron chi connectivity index (χ4n) is 6.79. The number of carbonyl (C=O) groups is 1. The van der Waals surface area contributed by atoms with Crippen molar-refractivity contribution in [1.29, 1.82) is 0 Å². The molecule has 6 N–H and O–H groups in total. The molecule has 58 heavy (non-hydrogen) atoms. The van der Waals surface area contributed by atoms with E-state index in [0.717, 1.165) is 16.9 Å². The molecule has 4 aromatic heterocycles. The number of ether oxygens (including phenoxy) is 4. The minimum Gasteiger partial charge on any atom is -0.423 e. The lowest BCUT2D eigenvalue weighted by Crippen LogP contribution is -2.37. The molecular formula is C37H40N9O10PS. The van der Waals surface area contributed by atoms with Gasteiger partial charge in [0, 0.05) is 25.5 Å². The third-order valence-corrected chi connectivity index (χ3v) is 13.5. The van der Waals surface area contributed by atoms with Gasteiger partial charge in [-0.25, -0.2) is 34.3 Å². The summed E-state index contributed by atoms with van der Waals surface area (Å²) in [5.74, 6) is 0.0998. The van der Waals surface area contributed by atoms with Crippen LogP contribution in [0.1, 0.15) is 40.4 Å². The number of nitrogens with zero attached hydrogens (tertiary/aromatic N) is 7. The van der Waals surface area contributed by atoms with Gasteiger partial charge in [-0.3, -0.25) is 18.2 Å². The Hall–Kier alpha value is -5.02. The van der Waals surface area contributed by atoms with Crippen LogP contribution in [0.2, 0.25) is 0 Å². The lowest BCUT2D eigenvalue weighted by atomic mass is 10.1. The Labute approximate surface area is 334 Å². The summed E-state index contributed by atoms with van der Waals surface area (Å²) in [4.78, 5) is 34.0. The highest BCUT2D eigenvalue weighted by atomic mass is 32.7. The molecule has 2 aromatic carbocycles. The SMILES string of the molecule is COC1[C@@H](OP(=O)(OC[C@H]2O[C@@H](n3cnc4c(N)ccnc43)C[C@H]2O)SCc2ccc(OC(=O)c3ccc(C)cc3)cc2)[C@@H](CO)O[C@H]1n1cnc2c(N)ncnc21. The summed E-state index contributed by atoms with van der Waals surface area (Å²) in [6.07, 6.45) is -0.653. The largest absolute Gasteiger partial charge is 0.423 e. The third kappa shape index (κ3) is 8.02. The third-order valence-electron chi connectivity index (χ3n) is 9.86.